The molecule has 0 spiro atoms. The monoisotopic (exact) mass is 498 g/mol. The molecule has 1 N–H and O–H groups in total. The van der Waals surface area contributed by atoms with E-state index >= 15 is 0 Å². The summed E-state index contributed by atoms with van der Waals surface area (Å²) in [7, 11) is 0. The third kappa shape index (κ3) is 5.29. The number of pyridine rings is 1. The van der Waals surface area contributed by atoms with Crippen LogP contribution in [-0.4, -0.2) is 30.1 Å². The third-order valence-corrected chi connectivity index (χ3v) is 7.37. The zero-order valence-corrected chi connectivity index (χ0v) is 21.4. The van der Waals surface area contributed by atoms with Crippen LogP contribution >= 0.6 is 11.3 Å². The first-order valence-electron chi connectivity index (χ1n) is 12.3. The minimum absolute atomic E-state index is 0.0385. The van der Waals surface area contributed by atoms with Gasteiger partial charge in [-0.25, -0.2) is 4.68 Å². The Morgan fingerprint density at radius 1 is 1.06 bits per heavy atom. The largest absolute Gasteiger partial charge is 0.321 e. The Labute approximate surface area is 214 Å². The molecular formula is C28H30N6OS. The first-order chi connectivity index (χ1) is 17.6. The summed E-state index contributed by atoms with van der Waals surface area (Å²) in [4.78, 5) is 19.9. The van der Waals surface area contributed by atoms with E-state index in [0.29, 0.717) is 19.6 Å². The number of tetrazole rings is 1. The van der Waals surface area contributed by atoms with E-state index in [1.807, 2.05) is 48.0 Å². The third-order valence-electron chi connectivity index (χ3n) is 6.51. The van der Waals surface area contributed by atoms with Gasteiger partial charge in [0.25, 0.3) is 5.56 Å². The van der Waals surface area contributed by atoms with Gasteiger partial charge in [0.2, 0.25) is 0 Å². The molecule has 0 amide bonds. The zero-order valence-electron chi connectivity index (χ0n) is 20.6. The molecule has 7 nitrogen and oxygen atoms in total. The molecule has 0 unspecified atom stereocenters. The maximum atomic E-state index is 13.2. The molecule has 0 radical (unpaired) electrons. The SMILES string of the molecule is CCC[C@@H](c1nnnn1Cc1ccccc1)N(Cc1cccs1)Cc1cc2cccc(C)c2[nH]c1=O. The van der Waals surface area contributed by atoms with Gasteiger partial charge in [0.05, 0.1) is 18.1 Å². The van der Waals surface area contributed by atoms with Gasteiger partial charge in [-0.3, -0.25) is 9.69 Å². The van der Waals surface area contributed by atoms with Gasteiger partial charge in [0, 0.05) is 23.5 Å². The molecule has 0 saturated carbocycles. The zero-order chi connectivity index (χ0) is 24.9. The number of H-pyrrole nitrogens is 1. The van der Waals surface area contributed by atoms with E-state index in [9.17, 15) is 4.79 Å². The molecule has 3 aromatic heterocycles. The Hall–Kier alpha value is -3.62. The van der Waals surface area contributed by atoms with Crippen molar-refractivity contribution in [1.82, 2.24) is 30.1 Å². The van der Waals surface area contributed by atoms with Crippen molar-refractivity contribution < 1.29 is 0 Å². The number of para-hydroxylation sites is 1. The first-order valence-corrected chi connectivity index (χ1v) is 13.2. The van der Waals surface area contributed by atoms with Crippen molar-refractivity contribution in [2.45, 2.75) is 52.4 Å². The van der Waals surface area contributed by atoms with Crippen LogP contribution in [0.2, 0.25) is 0 Å². The van der Waals surface area contributed by atoms with Crippen molar-refractivity contribution in [3.05, 3.63) is 110 Å². The number of hydrogen-bond donors (Lipinski definition) is 1. The van der Waals surface area contributed by atoms with Crippen molar-refractivity contribution in [1.29, 1.82) is 0 Å². The number of thiophene rings is 1. The average Bonchev–Trinajstić information content (AvgIpc) is 3.56. The molecular weight excluding hydrogens is 468 g/mol. The Bertz CT molecular complexity index is 1480. The highest BCUT2D eigenvalue weighted by molar-refractivity contribution is 7.09. The Kier molecular flexibility index (Phi) is 7.34. The van der Waals surface area contributed by atoms with E-state index in [1.165, 1.54) is 4.88 Å². The predicted molar refractivity (Wildman–Crippen MR) is 144 cm³/mol. The number of hydrogen-bond acceptors (Lipinski definition) is 6. The second-order valence-electron chi connectivity index (χ2n) is 9.13. The number of benzene rings is 2. The molecule has 8 heteroatoms. The normalized spacial score (nSPS) is 12.4. The van der Waals surface area contributed by atoms with Crippen molar-refractivity contribution >= 4 is 22.2 Å². The van der Waals surface area contributed by atoms with Gasteiger partial charge in [-0.05, 0) is 57.8 Å². The quantitative estimate of drug-likeness (QED) is 0.276. The lowest BCUT2D eigenvalue weighted by Gasteiger charge is -2.30. The van der Waals surface area contributed by atoms with Crippen molar-refractivity contribution in [3.63, 3.8) is 0 Å². The van der Waals surface area contributed by atoms with Crippen LogP contribution in [0.1, 0.15) is 53.2 Å². The van der Waals surface area contributed by atoms with Crippen LogP contribution in [-0.2, 0) is 19.6 Å². The fourth-order valence-corrected chi connectivity index (χ4v) is 5.44. The Morgan fingerprint density at radius 3 is 2.69 bits per heavy atom. The summed E-state index contributed by atoms with van der Waals surface area (Å²) in [5, 5.41) is 16.0. The fraction of sp³-hybridized carbons (Fsp3) is 0.286. The van der Waals surface area contributed by atoms with Crippen LogP contribution in [0.5, 0.6) is 0 Å². The highest BCUT2D eigenvalue weighted by atomic mass is 32.1. The molecule has 3 heterocycles. The molecule has 0 bridgehead atoms. The van der Waals surface area contributed by atoms with Gasteiger partial charge in [-0.15, -0.1) is 16.4 Å². The average molecular weight is 499 g/mol. The summed E-state index contributed by atoms with van der Waals surface area (Å²) in [6.07, 6.45) is 1.85. The first kappa shape index (κ1) is 24.1. The van der Waals surface area contributed by atoms with Crippen LogP contribution in [0, 0.1) is 6.92 Å². The van der Waals surface area contributed by atoms with Gasteiger partial charge in [-0.2, -0.15) is 0 Å². The van der Waals surface area contributed by atoms with E-state index in [4.69, 9.17) is 0 Å². The van der Waals surface area contributed by atoms with E-state index < -0.39 is 0 Å². The van der Waals surface area contributed by atoms with Crippen molar-refractivity contribution in [2.24, 2.45) is 0 Å². The van der Waals surface area contributed by atoms with E-state index in [2.05, 4.69) is 68.0 Å². The van der Waals surface area contributed by atoms with E-state index in [1.54, 1.807) is 11.3 Å². The maximum Gasteiger partial charge on any atom is 0.252 e. The molecule has 0 fully saturated rings. The minimum Gasteiger partial charge on any atom is -0.321 e. The number of fused-ring (bicyclic) bond motifs is 1. The number of aryl methyl sites for hydroxylation is 1. The summed E-state index contributed by atoms with van der Waals surface area (Å²) >= 11 is 1.72. The van der Waals surface area contributed by atoms with E-state index in [0.717, 1.165) is 46.3 Å². The van der Waals surface area contributed by atoms with Crippen LogP contribution in [0.3, 0.4) is 0 Å². The number of nitrogens with one attached hydrogen (secondary N) is 1. The van der Waals surface area contributed by atoms with E-state index in [-0.39, 0.29) is 11.6 Å². The molecule has 0 aliphatic carbocycles. The number of aromatic amines is 1. The molecule has 5 rings (SSSR count). The van der Waals surface area contributed by atoms with Crippen molar-refractivity contribution in [2.75, 3.05) is 0 Å². The molecule has 1 atom stereocenters. The predicted octanol–water partition coefficient (Wildman–Crippen LogP) is 5.48. The standard InChI is InChI=1S/C28H30N6OS/c1-3-9-25(27-30-31-32-34(27)17-21-11-5-4-6-12-21)33(19-24-14-8-15-36-24)18-23-16-22-13-7-10-20(2)26(22)29-28(23)35/h4-8,10-16,25H,3,9,17-19H2,1-2H3,(H,29,35)/t25-/m0/s1. The molecule has 0 saturated heterocycles. The van der Waals surface area contributed by atoms with Crippen LogP contribution < -0.4 is 5.56 Å². The number of aromatic nitrogens is 5. The molecule has 36 heavy (non-hydrogen) atoms. The smallest absolute Gasteiger partial charge is 0.252 e. The summed E-state index contributed by atoms with van der Waals surface area (Å²) in [5.41, 5.74) is 3.80. The summed E-state index contributed by atoms with van der Waals surface area (Å²) < 4.78 is 1.89. The van der Waals surface area contributed by atoms with Crippen molar-refractivity contribution in [3.8, 4) is 0 Å². The van der Waals surface area contributed by atoms with Gasteiger partial charge >= 0.3 is 0 Å². The summed E-state index contributed by atoms with van der Waals surface area (Å²) in [6, 6.07) is 22.5. The van der Waals surface area contributed by atoms with Gasteiger partial charge < -0.3 is 4.98 Å². The summed E-state index contributed by atoms with van der Waals surface area (Å²) in [5.74, 6) is 0.824. The van der Waals surface area contributed by atoms with Crippen LogP contribution in [0.15, 0.2) is 76.9 Å². The molecule has 5 aromatic rings. The minimum atomic E-state index is -0.0490. The lowest BCUT2D eigenvalue weighted by molar-refractivity contribution is 0.157. The summed E-state index contributed by atoms with van der Waals surface area (Å²) in [6.45, 7) is 6.01. The Morgan fingerprint density at radius 2 is 1.92 bits per heavy atom. The highest BCUT2D eigenvalue weighted by Crippen LogP contribution is 2.29. The van der Waals surface area contributed by atoms with Crippen LogP contribution in [0.4, 0.5) is 0 Å². The van der Waals surface area contributed by atoms with Gasteiger partial charge in [0.15, 0.2) is 5.82 Å². The Balaban J connectivity index is 1.53. The lowest BCUT2D eigenvalue weighted by atomic mass is 10.1. The second-order valence-corrected chi connectivity index (χ2v) is 10.2. The maximum absolute atomic E-state index is 13.2. The van der Waals surface area contributed by atoms with Crippen LogP contribution in [0.25, 0.3) is 10.9 Å². The highest BCUT2D eigenvalue weighted by Gasteiger charge is 2.27. The number of rotatable bonds is 10. The number of nitrogens with zero attached hydrogens (tertiary/aromatic N) is 5. The van der Waals surface area contributed by atoms with Gasteiger partial charge in [-0.1, -0.05) is 67.9 Å². The second kappa shape index (κ2) is 11.0. The molecule has 0 aliphatic heterocycles. The lowest BCUT2D eigenvalue weighted by Crippen LogP contribution is -2.32. The fourth-order valence-electron chi connectivity index (χ4n) is 4.71. The molecule has 0 aliphatic rings. The molecule has 184 valence electrons. The molecule has 2 aromatic carbocycles. The van der Waals surface area contributed by atoms with Gasteiger partial charge in [0.1, 0.15) is 0 Å². The topological polar surface area (TPSA) is 79.7 Å².